The molecule has 0 bridgehead atoms. The number of amides is 1. The van der Waals surface area contributed by atoms with Crippen molar-refractivity contribution in [3.05, 3.63) is 82.6 Å². The summed E-state index contributed by atoms with van der Waals surface area (Å²) in [5.41, 5.74) is 5.03. The fraction of sp³-hybridized carbons (Fsp3) is 0.550. The Kier molecular flexibility index (Phi) is 14.7. The van der Waals surface area contributed by atoms with Crippen LogP contribution in [0.3, 0.4) is 0 Å². The third-order valence-corrected chi connectivity index (χ3v) is 12.8. The zero-order chi connectivity index (χ0) is 39.9. The molecule has 1 amide bonds. The number of halogens is 1. The van der Waals surface area contributed by atoms with Crippen molar-refractivity contribution in [2.45, 2.75) is 100 Å². The summed E-state index contributed by atoms with van der Waals surface area (Å²) in [5.74, 6) is 0.0873. The van der Waals surface area contributed by atoms with E-state index < -0.39 is 59.3 Å². The second kappa shape index (κ2) is 18.8. The number of nitrogens with one attached hydrogen (secondary N) is 1. The zero-order valence-electron chi connectivity index (χ0n) is 31.7. The van der Waals surface area contributed by atoms with E-state index in [1.54, 1.807) is 0 Å². The minimum atomic E-state index is -3.69. The van der Waals surface area contributed by atoms with Gasteiger partial charge in [-0.3, -0.25) is 9.78 Å². The van der Waals surface area contributed by atoms with Crippen LogP contribution in [0.1, 0.15) is 74.5 Å². The predicted molar refractivity (Wildman–Crippen MR) is 210 cm³/mol. The van der Waals surface area contributed by atoms with Crippen LogP contribution in [0.15, 0.2) is 60.9 Å². The van der Waals surface area contributed by atoms with Crippen LogP contribution in [-0.2, 0) is 26.9 Å². The van der Waals surface area contributed by atoms with E-state index in [9.17, 15) is 33.6 Å². The van der Waals surface area contributed by atoms with Crippen LogP contribution < -0.4 is 10.1 Å². The lowest BCUT2D eigenvalue weighted by molar-refractivity contribution is -0.139. The minimum Gasteiger partial charge on any atom is -0.490 e. The van der Waals surface area contributed by atoms with Gasteiger partial charge in [-0.15, -0.1) is 0 Å². The minimum absolute atomic E-state index is 0.0454. The van der Waals surface area contributed by atoms with Gasteiger partial charge in [0.2, 0.25) is 15.9 Å². The second-order valence-corrected chi connectivity index (χ2v) is 17.8. The Morgan fingerprint density at radius 2 is 1.75 bits per heavy atom. The zero-order valence-corrected chi connectivity index (χ0v) is 33.3. The molecule has 0 spiro atoms. The highest BCUT2D eigenvalue weighted by Crippen LogP contribution is 2.50. The summed E-state index contributed by atoms with van der Waals surface area (Å²) in [6.07, 6.45) is 2.05. The SMILES string of the molecule is CC(CCCC(=O)N(CCS(=O)(=O)N(C)C)C[C@H](O)[C@@H](O)[C@H](O)[C@H](O)CO)c1ccc(Cl)c(CNC2(c3cnccc3-c3ccccc3OC3CC3)CC2)c1. The number of benzene rings is 2. The summed E-state index contributed by atoms with van der Waals surface area (Å²) in [5, 5.41) is 54.2. The first kappa shape index (κ1) is 43.0. The third-order valence-electron chi connectivity index (χ3n) is 10.6. The molecule has 2 saturated carbocycles. The van der Waals surface area contributed by atoms with Gasteiger partial charge in [-0.2, -0.15) is 0 Å². The Balaban J connectivity index is 1.21. The Labute approximate surface area is 329 Å². The topological polar surface area (TPSA) is 193 Å². The molecule has 1 unspecified atom stereocenters. The molecule has 55 heavy (non-hydrogen) atoms. The number of aliphatic hydroxyl groups excluding tert-OH is 5. The first-order valence-electron chi connectivity index (χ1n) is 18.9. The van der Waals surface area contributed by atoms with E-state index in [1.165, 1.54) is 14.1 Å². The molecule has 5 rings (SSSR count). The highest BCUT2D eigenvalue weighted by Gasteiger charge is 2.46. The summed E-state index contributed by atoms with van der Waals surface area (Å²) in [4.78, 5) is 19.0. The molecule has 5 atom stereocenters. The Morgan fingerprint density at radius 1 is 1.04 bits per heavy atom. The molecule has 0 saturated heterocycles. The molecular weight excluding hydrogens is 748 g/mol. The molecule has 2 aliphatic rings. The van der Waals surface area contributed by atoms with Crippen molar-refractivity contribution in [3.63, 3.8) is 0 Å². The Hall–Kier alpha value is -3.18. The van der Waals surface area contributed by atoms with Gasteiger partial charge in [0, 0.05) is 68.7 Å². The largest absolute Gasteiger partial charge is 0.490 e. The molecule has 13 nitrogen and oxygen atoms in total. The van der Waals surface area contributed by atoms with Gasteiger partial charge in [0.15, 0.2) is 0 Å². The summed E-state index contributed by atoms with van der Waals surface area (Å²) in [6, 6.07) is 16.2. The number of aliphatic hydroxyl groups is 5. The van der Waals surface area contributed by atoms with E-state index in [-0.39, 0.29) is 30.5 Å². The maximum Gasteiger partial charge on any atom is 0.222 e. The van der Waals surface area contributed by atoms with Crippen LogP contribution in [0.5, 0.6) is 5.75 Å². The second-order valence-electron chi connectivity index (χ2n) is 15.1. The van der Waals surface area contributed by atoms with E-state index in [0.717, 1.165) is 68.5 Å². The first-order valence-corrected chi connectivity index (χ1v) is 20.9. The van der Waals surface area contributed by atoms with Crippen molar-refractivity contribution in [2.24, 2.45) is 0 Å². The predicted octanol–water partition coefficient (Wildman–Crippen LogP) is 3.15. The lowest BCUT2D eigenvalue weighted by atomic mass is 9.93. The number of ether oxygens (including phenoxy) is 1. The van der Waals surface area contributed by atoms with Crippen molar-refractivity contribution in [1.82, 2.24) is 19.5 Å². The number of hydrogen-bond donors (Lipinski definition) is 6. The smallest absolute Gasteiger partial charge is 0.222 e. The van der Waals surface area contributed by atoms with Gasteiger partial charge in [0.05, 0.1) is 18.5 Å². The summed E-state index contributed by atoms with van der Waals surface area (Å²) < 4.78 is 32.2. The molecule has 15 heteroatoms. The number of aromatic nitrogens is 1. The van der Waals surface area contributed by atoms with Crippen LogP contribution >= 0.6 is 11.6 Å². The summed E-state index contributed by atoms with van der Waals surface area (Å²) in [6.45, 7) is 1.01. The molecular formula is C40H55ClN4O9S. The standard InChI is InChI=1S/C40H55ClN4O9S/c1-26(7-6-10-37(49)45(19-20-55(52,53)44(2)3)24-34(47)38(50)39(51)35(48)25-46)27-11-14-33(41)28(21-27)22-43-40(16-17-40)32-23-42-18-15-30(32)31-8-4-5-9-36(31)54-29-12-13-29/h4-5,8-9,11,14-15,18,21,23,26,29,34-35,38-39,43,46-48,50-51H,6-7,10,12-13,16-17,19-20,22,24-25H2,1-3H3/t26?,34-,35+,38+,39+/m0/s1. The van der Waals surface area contributed by atoms with Gasteiger partial charge in [0.25, 0.3) is 0 Å². The molecule has 2 aliphatic carbocycles. The molecule has 0 aliphatic heterocycles. The first-order chi connectivity index (χ1) is 26.2. The van der Waals surface area contributed by atoms with Gasteiger partial charge < -0.3 is 40.5 Å². The average Bonchev–Trinajstić information content (AvgIpc) is 4.13. The van der Waals surface area contributed by atoms with Crippen molar-refractivity contribution in [2.75, 3.05) is 39.5 Å². The molecule has 2 aromatic carbocycles. The fourth-order valence-corrected chi connectivity index (χ4v) is 7.64. The normalized spacial score (nSPS) is 18.0. The van der Waals surface area contributed by atoms with E-state index in [4.69, 9.17) is 21.4 Å². The Morgan fingerprint density at radius 3 is 2.42 bits per heavy atom. The molecule has 3 aromatic rings. The van der Waals surface area contributed by atoms with Crippen LogP contribution in [0.4, 0.5) is 0 Å². The monoisotopic (exact) mass is 802 g/mol. The van der Waals surface area contributed by atoms with Crippen molar-refractivity contribution in [3.8, 4) is 16.9 Å². The highest BCUT2D eigenvalue weighted by atomic mass is 35.5. The maximum atomic E-state index is 13.4. The molecule has 0 radical (unpaired) electrons. The van der Waals surface area contributed by atoms with E-state index in [0.29, 0.717) is 24.4 Å². The van der Waals surface area contributed by atoms with Crippen molar-refractivity contribution < 1.29 is 43.5 Å². The maximum absolute atomic E-state index is 13.4. The number of rotatable bonds is 22. The van der Waals surface area contributed by atoms with Gasteiger partial charge >= 0.3 is 0 Å². The molecule has 1 aromatic heterocycles. The van der Waals surface area contributed by atoms with Gasteiger partial charge in [-0.05, 0) is 84.9 Å². The van der Waals surface area contributed by atoms with Crippen molar-refractivity contribution >= 4 is 27.5 Å². The highest BCUT2D eigenvalue weighted by molar-refractivity contribution is 7.89. The van der Waals surface area contributed by atoms with E-state index >= 15 is 0 Å². The van der Waals surface area contributed by atoms with Crippen LogP contribution in [0.2, 0.25) is 5.02 Å². The average molecular weight is 803 g/mol. The van der Waals surface area contributed by atoms with Gasteiger partial charge in [-0.1, -0.05) is 48.9 Å². The summed E-state index contributed by atoms with van der Waals surface area (Å²) >= 11 is 6.72. The van der Waals surface area contributed by atoms with Crippen molar-refractivity contribution in [1.29, 1.82) is 0 Å². The van der Waals surface area contributed by atoms with E-state index in [2.05, 4.69) is 35.4 Å². The number of hydrogen-bond acceptors (Lipinski definition) is 11. The lowest BCUT2D eigenvalue weighted by Crippen LogP contribution is -2.51. The van der Waals surface area contributed by atoms with Gasteiger partial charge in [0.1, 0.15) is 30.2 Å². The quantitative estimate of drug-likeness (QED) is 0.0875. The number of sulfonamides is 1. The molecule has 6 N–H and O–H groups in total. The number of nitrogens with zero attached hydrogens (tertiary/aromatic N) is 3. The molecule has 1 heterocycles. The summed E-state index contributed by atoms with van der Waals surface area (Å²) in [7, 11) is -0.941. The Bertz CT molecular complexity index is 1860. The number of para-hydroxylation sites is 1. The number of carbonyl (C=O) groups excluding carboxylic acids is 1. The molecule has 2 fully saturated rings. The third kappa shape index (κ3) is 11.2. The van der Waals surface area contributed by atoms with Crippen LogP contribution in [0.25, 0.3) is 11.1 Å². The van der Waals surface area contributed by atoms with Gasteiger partial charge in [-0.25, -0.2) is 12.7 Å². The van der Waals surface area contributed by atoms with Crippen LogP contribution in [-0.4, -0.2) is 124 Å². The van der Waals surface area contributed by atoms with Crippen LogP contribution in [0, 0.1) is 0 Å². The molecule has 302 valence electrons. The number of carbonyl (C=O) groups is 1. The fourth-order valence-electron chi connectivity index (χ4n) is 6.64. The number of pyridine rings is 1. The van der Waals surface area contributed by atoms with E-state index in [1.807, 2.05) is 42.7 Å². The lowest BCUT2D eigenvalue weighted by Gasteiger charge is -2.31.